The highest BCUT2D eigenvalue weighted by Crippen LogP contribution is 2.16. The largest absolute Gasteiger partial charge is 0.352 e. The van der Waals surface area contributed by atoms with E-state index in [1.807, 2.05) is 14.0 Å². The molecule has 2 heterocycles. The van der Waals surface area contributed by atoms with Crippen LogP contribution in [0.2, 0.25) is 0 Å². The molecule has 0 aliphatic carbocycles. The Morgan fingerprint density at radius 2 is 2.24 bits per heavy atom. The van der Waals surface area contributed by atoms with Gasteiger partial charge in [0.05, 0.1) is 10.9 Å². The molecular formula is C11H19N7O2S. The molecule has 9 nitrogen and oxygen atoms in total. The molecule has 116 valence electrons. The zero-order chi connectivity index (χ0) is 15.5. The second-order valence-corrected chi connectivity index (χ2v) is 6.39. The number of aryl methyl sites for hydroxylation is 1. The number of rotatable bonds is 7. The highest BCUT2D eigenvalue weighted by Gasteiger charge is 2.22. The molecule has 0 saturated carbocycles. The van der Waals surface area contributed by atoms with Crippen LogP contribution in [0, 0.1) is 0 Å². The summed E-state index contributed by atoms with van der Waals surface area (Å²) in [6, 6.07) is 1.08. The molecule has 0 spiro atoms. The van der Waals surface area contributed by atoms with E-state index in [0.29, 0.717) is 12.4 Å². The van der Waals surface area contributed by atoms with E-state index in [1.165, 1.54) is 0 Å². The molecule has 0 amide bonds. The smallest absolute Gasteiger partial charge is 0.242 e. The maximum absolute atomic E-state index is 12.3. The van der Waals surface area contributed by atoms with Crippen molar-refractivity contribution in [2.24, 2.45) is 7.05 Å². The molecule has 0 fully saturated rings. The van der Waals surface area contributed by atoms with Crippen LogP contribution in [-0.2, 0) is 23.6 Å². The Balaban J connectivity index is 2.16. The second kappa shape index (κ2) is 6.33. The lowest BCUT2D eigenvalue weighted by Gasteiger charge is -2.09. The molecule has 0 radical (unpaired) electrons. The summed E-state index contributed by atoms with van der Waals surface area (Å²) in [6.07, 6.45) is 1.58. The van der Waals surface area contributed by atoms with Crippen molar-refractivity contribution in [3.63, 3.8) is 0 Å². The van der Waals surface area contributed by atoms with Crippen molar-refractivity contribution in [2.45, 2.75) is 31.3 Å². The number of aromatic nitrogens is 5. The van der Waals surface area contributed by atoms with Gasteiger partial charge in [0.1, 0.15) is 0 Å². The Bertz CT molecular complexity index is 678. The zero-order valence-corrected chi connectivity index (χ0v) is 13.0. The Hall–Kier alpha value is -1.78. The molecule has 2 rings (SSSR count). The molecule has 21 heavy (non-hydrogen) atoms. The third kappa shape index (κ3) is 3.65. The number of nitrogens with zero attached hydrogens (tertiary/aromatic N) is 4. The van der Waals surface area contributed by atoms with Gasteiger partial charge in [-0.25, -0.2) is 13.1 Å². The number of hydrogen-bond donors (Lipinski definition) is 3. The van der Waals surface area contributed by atoms with Gasteiger partial charge in [-0.2, -0.15) is 5.21 Å². The highest BCUT2D eigenvalue weighted by molar-refractivity contribution is 7.89. The van der Waals surface area contributed by atoms with Crippen LogP contribution < -0.4 is 10.0 Å². The minimum atomic E-state index is -3.63. The number of nitrogens with one attached hydrogen (secondary N) is 3. The van der Waals surface area contributed by atoms with Crippen LogP contribution in [0.15, 0.2) is 17.2 Å². The summed E-state index contributed by atoms with van der Waals surface area (Å²) < 4.78 is 29.0. The Morgan fingerprint density at radius 3 is 2.86 bits per heavy atom. The molecule has 0 bridgehead atoms. The Labute approximate surface area is 123 Å². The van der Waals surface area contributed by atoms with E-state index in [4.69, 9.17) is 0 Å². The summed E-state index contributed by atoms with van der Waals surface area (Å²) in [5.74, 6) is 0.294. The molecule has 3 N–H and O–H groups in total. The molecule has 2 aromatic rings. The fourth-order valence-corrected chi connectivity index (χ4v) is 3.15. The average molecular weight is 313 g/mol. The number of sulfonamides is 1. The van der Waals surface area contributed by atoms with Crippen LogP contribution in [0.4, 0.5) is 0 Å². The molecule has 0 aliphatic rings. The fraction of sp³-hybridized carbons (Fsp3) is 0.545. The summed E-state index contributed by atoms with van der Waals surface area (Å²) >= 11 is 0. The normalized spacial score (nSPS) is 13.5. The number of aromatic amines is 1. The molecule has 0 aliphatic heterocycles. The lowest BCUT2D eigenvalue weighted by molar-refractivity contribution is 0.560. The summed E-state index contributed by atoms with van der Waals surface area (Å²) in [5, 5.41) is 16.4. The van der Waals surface area contributed by atoms with Crippen LogP contribution >= 0.6 is 0 Å². The van der Waals surface area contributed by atoms with E-state index in [2.05, 4.69) is 30.7 Å². The van der Waals surface area contributed by atoms with Crippen molar-refractivity contribution in [3.05, 3.63) is 23.8 Å². The standard InChI is InChI=1S/C11H19N7O2S/c1-4-12-6-9-5-10(7-18(9)3)21(19,20)15-8(2)11-13-16-17-14-11/h5,7-8,12,15H,4,6H2,1-3H3,(H,13,14,16,17). The predicted molar refractivity (Wildman–Crippen MR) is 75.7 cm³/mol. The van der Waals surface area contributed by atoms with Crippen molar-refractivity contribution >= 4 is 10.0 Å². The summed E-state index contributed by atoms with van der Waals surface area (Å²) in [4.78, 5) is 0.216. The summed E-state index contributed by atoms with van der Waals surface area (Å²) in [7, 11) is -1.82. The van der Waals surface area contributed by atoms with Gasteiger partial charge in [-0.15, -0.1) is 10.2 Å². The molecule has 1 unspecified atom stereocenters. The van der Waals surface area contributed by atoms with Crippen LogP contribution in [-0.4, -0.2) is 40.2 Å². The summed E-state index contributed by atoms with van der Waals surface area (Å²) in [5.41, 5.74) is 0.893. The van der Waals surface area contributed by atoms with Gasteiger partial charge in [0.25, 0.3) is 0 Å². The van der Waals surface area contributed by atoms with Crippen molar-refractivity contribution in [1.82, 2.24) is 35.2 Å². The van der Waals surface area contributed by atoms with Crippen molar-refractivity contribution in [2.75, 3.05) is 6.54 Å². The fourth-order valence-electron chi connectivity index (χ4n) is 1.86. The Kier molecular flexibility index (Phi) is 4.70. The van der Waals surface area contributed by atoms with E-state index in [1.54, 1.807) is 23.8 Å². The van der Waals surface area contributed by atoms with Gasteiger partial charge < -0.3 is 9.88 Å². The van der Waals surface area contributed by atoms with E-state index in [-0.39, 0.29) is 4.90 Å². The monoisotopic (exact) mass is 313 g/mol. The lowest BCUT2D eigenvalue weighted by Crippen LogP contribution is -2.27. The zero-order valence-electron chi connectivity index (χ0n) is 12.2. The van der Waals surface area contributed by atoms with E-state index < -0.39 is 16.1 Å². The maximum Gasteiger partial charge on any atom is 0.242 e. The van der Waals surface area contributed by atoms with E-state index in [9.17, 15) is 8.42 Å². The predicted octanol–water partition coefficient (Wildman–Crippen LogP) is -0.313. The van der Waals surface area contributed by atoms with Crippen LogP contribution in [0.3, 0.4) is 0 Å². The first-order valence-corrected chi connectivity index (χ1v) is 8.04. The molecule has 0 aromatic carbocycles. The number of H-pyrrole nitrogens is 1. The molecule has 1 atom stereocenters. The second-order valence-electron chi connectivity index (χ2n) is 4.67. The molecule has 0 saturated heterocycles. The minimum Gasteiger partial charge on any atom is -0.352 e. The van der Waals surface area contributed by atoms with Crippen molar-refractivity contribution in [1.29, 1.82) is 0 Å². The van der Waals surface area contributed by atoms with Gasteiger partial charge in [-0.1, -0.05) is 12.1 Å². The maximum atomic E-state index is 12.3. The van der Waals surface area contributed by atoms with Gasteiger partial charge in [0.2, 0.25) is 10.0 Å². The van der Waals surface area contributed by atoms with E-state index in [0.717, 1.165) is 12.2 Å². The third-order valence-electron chi connectivity index (χ3n) is 3.03. The van der Waals surface area contributed by atoms with Crippen LogP contribution in [0.25, 0.3) is 0 Å². The van der Waals surface area contributed by atoms with Crippen molar-refractivity contribution in [3.8, 4) is 0 Å². The van der Waals surface area contributed by atoms with Gasteiger partial charge in [0.15, 0.2) is 5.82 Å². The third-order valence-corrected chi connectivity index (χ3v) is 4.54. The molecule has 2 aromatic heterocycles. The first-order chi connectivity index (χ1) is 9.94. The highest BCUT2D eigenvalue weighted by atomic mass is 32.2. The van der Waals surface area contributed by atoms with Gasteiger partial charge >= 0.3 is 0 Å². The Morgan fingerprint density at radius 1 is 1.48 bits per heavy atom. The number of tetrazole rings is 1. The minimum absolute atomic E-state index is 0.216. The lowest BCUT2D eigenvalue weighted by atomic mass is 10.4. The number of hydrogen-bond acceptors (Lipinski definition) is 6. The first-order valence-electron chi connectivity index (χ1n) is 6.55. The SMILES string of the molecule is CCNCc1cc(S(=O)(=O)NC(C)c2nn[nH]n2)cn1C. The summed E-state index contributed by atoms with van der Waals surface area (Å²) in [6.45, 7) is 5.09. The van der Waals surface area contributed by atoms with Crippen LogP contribution in [0.1, 0.15) is 31.4 Å². The van der Waals surface area contributed by atoms with Gasteiger partial charge in [-0.3, -0.25) is 0 Å². The van der Waals surface area contributed by atoms with E-state index >= 15 is 0 Å². The van der Waals surface area contributed by atoms with Crippen molar-refractivity contribution < 1.29 is 8.42 Å². The molecular weight excluding hydrogens is 294 g/mol. The van der Waals surface area contributed by atoms with Gasteiger partial charge in [-0.05, 0) is 19.5 Å². The van der Waals surface area contributed by atoms with Gasteiger partial charge in [0, 0.05) is 25.5 Å². The first kappa shape index (κ1) is 15.6. The quantitative estimate of drug-likeness (QED) is 0.645. The topological polar surface area (TPSA) is 118 Å². The average Bonchev–Trinajstić information content (AvgIpc) is 3.05. The van der Waals surface area contributed by atoms with Crippen LogP contribution in [0.5, 0.6) is 0 Å². The molecule has 10 heteroatoms.